The Bertz CT molecular complexity index is 2620. The zero-order valence-electron chi connectivity index (χ0n) is 23.4. The molecule has 44 heavy (non-hydrogen) atoms. The van der Waals surface area contributed by atoms with E-state index in [2.05, 4.69) is 83.4 Å². The van der Waals surface area contributed by atoms with E-state index < -0.39 is 0 Å². The fourth-order valence-electron chi connectivity index (χ4n) is 6.42. The first-order valence-electron chi connectivity index (χ1n) is 14.5. The van der Waals surface area contributed by atoms with E-state index in [4.69, 9.17) is 14.4 Å². The van der Waals surface area contributed by atoms with Crippen LogP contribution in [0.25, 0.3) is 83.0 Å². The molecule has 6 aromatic carbocycles. The van der Waals surface area contributed by atoms with E-state index in [0.717, 1.165) is 71.8 Å². The predicted molar refractivity (Wildman–Crippen MR) is 177 cm³/mol. The second-order valence-electron chi connectivity index (χ2n) is 10.9. The zero-order chi connectivity index (χ0) is 29.2. The van der Waals surface area contributed by atoms with Crippen LogP contribution in [-0.2, 0) is 0 Å². The summed E-state index contributed by atoms with van der Waals surface area (Å²) >= 11 is 0. The Morgan fingerprint density at radius 2 is 1.34 bits per heavy atom. The monoisotopic (exact) mass is 562 g/mol. The Labute approximate surface area is 251 Å². The van der Waals surface area contributed by atoms with Crippen molar-refractivity contribution in [2.75, 3.05) is 0 Å². The fourth-order valence-corrected chi connectivity index (χ4v) is 6.42. The molecule has 0 unspecified atom stereocenters. The summed E-state index contributed by atoms with van der Waals surface area (Å²) in [5, 5.41) is 15.0. The fraction of sp³-hybridized carbons (Fsp3) is 0. The maximum absolute atomic E-state index is 9.50. The minimum atomic E-state index is 0.598. The topological polar surface area (TPSA) is 67.6 Å². The number of rotatable bonds is 3. The maximum Gasteiger partial charge on any atom is 0.160 e. The molecular formula is C39H22N4O. The number of fused-ring (bicyclic) bond motifs is 8. The summed E-state index contributed by atoms with van der Waals surface area (Å²) in [7, 11) is 0. The van der Waals surface area contributed by atoms with E-state index >= 15 is 0 Å². The molecule has 3 aromatic heterocycles. The van der Waals surface area contributed by atoms with Crippen molar-refractivity contribution in [2.24, 2.45) is 0 Å². The van der Waals surface area contributed by atoms with Gasteiger partial charge in [0.2, 0.25) is 0 Å². The average Bonchev–Trinajstić information content (AvgIpc) is 3.64. The van der Waals surface area contributed by atoms with Crippen molar-refractivity contribution in [2.45, 2.75) is 0 Å². The quantitative estimate of drug-likeness (QED) is 0.215. The highest BCUT2D eigenvalue weighted by atomic mass is 16.3. The molecule has 0 aliphatic rings. The molecule has 0 radical (unpaired) electrons. The molecule has 0 saturated carbocycles. The largest absolute Gasteiger partial charge is 0.454 e. The van der Waals surface area contributed by atoms with Gasteiger partial charge in [-0.15, -0.1) is 0 Å². The van der Waals surface area contributed by atoms with Gasteiger partial charge in [0.15, 0.2) is 11.4 Å². The van der Waals surface area contributed by atoms with Crippen LogP contribution in [0.2, 0.25) is 0 Å². The van der Waals surface area contributed by atoms with Crippen molar-refractivity contribution in [1.82, 2.24) is 14.5 Å². The number of benzene rings is 6. The van der Waals surface area contributed by atoms with Crippen molar-refractivity contribution < 1.29 is 4.42 Å². The maximum atomic E-state index is 9.50. The van der Waals surface area contributed by atoms with Gasteiger partial charge in [-0.05, 0) is 60.7 Å². The molecule has 0 bridgehead atoms. The van der Waals surface area contributed by atoms with Crippen molar-refractivity contribution in [1.29, 1.82) is 5.26 Å². The zero-order valence-corrected chi connectivity index (χ0v) is 23.4. The smallest absolute Gasteiger partial charge is 0.160 e. The average molecular weight is 563 g/mol. The van der Waals surface area contributed by atoms with Crippen LogP contribution in [0.1, 0.15) is 5.56 Å². The van der Waals surface area contributed by atoms with Gasteiger partial charge in [-0.2, -0.15) is 5.26 Å². The second kappa shape index (κ2) is 9.38. The highest BCUT2D eigenvalue weighted by molar-refractivity contribution is 6.21. The van der Waals surface area contributed by atoms with Gasteiger partial charge in [-0.25, -0.2) is 9.97 Å². The van der Waals surface area contributed by atoms with Crippen LogP contribution in [0.3, 0.4) is 0 Å². The highest BCUT2D eigenvalue weighted by Crippen LogP contribution is 2.40. The molecule has 0 aliphatic carbocycles. The van der Waals surface area contributed by atoms with Gasteiger partial charge in [0.05, 0.1) is 33.9 Å². The molecule has 5 heteroatoms. The molecule has 0 saturated heterocycles. The van der Waals surface area contributed by atoms with Crippen LogP contribution in [0, 0.1) is 11.3 Å². The number of aromatic nitrogens is 3. The van der Waals surface area contributed by atoms with Gasteiger partial charge in [-0.3, -0.25) is 0 Å². The highest BCUT2D eigenvalue weighted by Gasteiger charge is 2.19. The SMILES string of the molecule is N#Cc1cccc(-c2nc(-c3ccc(-n4c5ccccc5c5ccc6c7ccccc7oc6c54)cc3)nc3ccccc23)c1. The van der Waals surface area contributed by atoms with Gasteiger partial charge < -0.3 is 8.98 Å². The van der Waals surface area contributed by atoms with Crippen molar-refractivity contribution in [3.05, 3.63) is 139 Å². The van der Waals surface area contributed by atoms with Crippen LogP contribution < -0.4 is 0 Å². The molecule has 3 heterocycles. The third-order valence-electron chi connectivity index (χ3n) is 8.43. The van der Waals surface area contributed by atoms with Crippen LogP contribution in [0.4, 0.5) is 0 Å². The molecule has 9 rings (SSSR count). The number of furan rings is 1. The van der Waals surface area contributed by atoms with E-state index in [9.17, 15) is 5.26 Å². The minimum absolute atomic E-state index is 0.598. The molecule has 204 valence electrons. The summed E-state index contributed by atoms with van der Waals surface area (Å²) in [5.74, 6) is 0.634. The number of hydrogen-bond acceptors (Lipinski definition) is 4. The summed E-state index contributed by atoms with van der Waals surface area (Å²) in [6.45, 7) is 0. The molecule has 0 aliphatic heterocycles. The van der Waals surface area contributed by atoms with Crippen molar-refractivity contribution in [3.63, 3.8) is 0 Å². The summed E-state index contributed by atoms with van der Waals surface area (Å²) < 4.78 is 8.79. The third-order valence-corrected chi connectivity index (χ3v) is 8.43. The van der Waals surface area contributed by atoms with Gasteiger partial charge in [0.1, 0.15) is 5.58 Å². The number of nitriles is 1. The van der Waals surface area contributed by atoms with Gasteiger partial charge in [-0.1, -0.05) is 72.8 Å². The molecule has 0 spiro atoms. The lowest BCUT2D eigenvalue weighted by molar-refractivity contribution is 0.671. The standard InChI is InChI=1S/C39H22N4O/c40-23-24-8-7-9-26(22-24)36-32-12-1-4-13-33(32)41-39(42-36)25-16-18-27(19-17-25)43-34-14-5-2-10-28(34)30-20-21-31-29-11-3-6-15-35(29)44-38(31)37(30)43/h1-22H. The van der Waals surface area contributed by atoms with E-state index in [0.29, 0.717) is 11.4 Å². The minimum Gasteiger partial charge on any atom is -0.454 e. The Morgan fingerprint density at radius 3 is 2.20 bits per heavy atom. The second-order valence-corrected chi connectivity index (χ2v) is 10.9. The first-order chi connectivity index (χ1) is 21.8. The van der Waals surface area contributed by atoms with Gasteiger partial charge >= 0.3 is 0 Å². The lowest BCUT2D eigenvalue weighted by atomic mass is 10.0. The normalized spacial score (nSPS) is 11.6. The van der Waals surface area contributed by atoms with Crippen molar-refractivity contribution >= 4 is 54.6 Å². The van der Waals surface area contributed by atoms with Gasteiger partial charge in [0.25, 0.3) is 0 Å². The number of hydrogen-bond donors (Lipinski definition) is 0. The lowest BCUT2D eigenvalue weighted by Gasteiger charge is -2.11. The number of nitrogens with zero attached hydrogens (tertiary/aromatic N) is 4. The molecule has 9 aromatic rings. The first kappa shape index (κ1) is 24.4. The molecule has 5 nitrogen and oxygen atoms in total. The van der Waals surface area contributed by atoms with E-state index in [1.807, 2.05) is 54.6 Å². The number of para-hydroxylation sites is 3. The summed E-state index contributed by atoms with van der Waals surface area (Å²) in [4.78, 5) is 9.97. The first-order valence-corrected chi connectivity index (χ1v) is 14.5. The summed E-state index contributed by atoms with van der Waals surface area (Å²) in [5.41, 5.74) is 9.01. The van der Waals surface area contributed by atoms with Crippen LogP contribution in [0.15, 0.2) is 138 Å². The Balaban J connectivity index is 1.24. The van der Waals surface area contributed by atoms with Crippen LogP contribution >= 0.6 is 0 Å². The van der Waals surface area contributed by atoms with Crippen molar-refractivity contribution in [3.8, 4) is 34.4 Å². The third kappa shape index (κ3) is 3.58. The van der Waals surface area contributed by atoms with Crippen LogP contribution in [-0.4, -0.2) is 14.5 Å². The Hall–Kier alpha value is -6.25. The molecule has 0 fully saturated rings. The molecule has 0 atom stereocenters. The molecule has 0 amide bonds. The molecule has 0 N–H and O–H groups in total. The Kier molecular flexibility index (Phi) is 5.19. The van der Waals surface area contributed by atoms with E-state index in [-0.39, 0.29) is 0 Å². The van der Waals surface area contributed by atoms with E-state index in [1.165, 1.54) is 5.39 Å². The molecular weight excluding hydrogens is 540 g/mol. The summed E-state index contributed by atoms with van der Waals surface area (Å²) in [6.07, 6.45) is 0. The predicted octanol–water partition coefficient (Wildman–Crippen LogP) is 9.83. The van der Waals surface area contributed by atoms with Crippen LogP contribution in [0.5, 0.6) is 0 Å². The summed E-state index contributed by atoms with van der Waals surface area (Å²) in [6, 6.07) is 47.3. The Morgan fingerprint density at radius 1 is 0.591 bits per heavy atom. The van der Waals surface area contributed by atoms with Gasteiger partial charge in [0, 0.05) is 43.7 Å². The lowest BCUT2D eigenvalue weighted by Crippen LogP contribution is -1.97. The van der Waals surface area contributed by atoms with E-state index in [1.54, 1.807) is 6.07 Å².